The topological polar surface area (TPSA) is 49.4 Å². The molecule has 1 unspecified atom stereocenters. The summed E-state index contributed by atoms with van der Waals surface area (Å²) in [5, 5.41) is 2.99. The summed E-state index contributed by atoms with van der Waals surface area (Å²) in [4.78, 5) is -0.221. The number of halogens is 2. The first-order chi connectivity index (χ1) is 8.96. The molecule has 1 aliphatic rings. The third kappa shape index (κ3) is 3.31. The Morgan fingerprint density at radius 1 is 1.45 bits per heavy atom. The van der Waals surface area contributed by atoms with Gasteiger partial charge in [-0.1, -0.05) is 6.07 Å². The van der Waals surface area contributed by atoms with Gasteiger partial charge in [-0.3, -0.25) is 0 Å². The molecule has 1 aromatic rings. The molecule has 1 aliphatic heterocycles. The number of benzene rings is 1. The van der Waals surface area contributed by atoms with Crippen molar-refractivity contribution in [1.82, 2.24) is 9.62 Å². The summed E-state index contributed by atoms with van der Waals surface area (Å²) in [6, 6.07) is 4.15. The van der Waals surface area contributed by atoms with Gasteiger partial charge in [-0.15, -0.1) is 12.4 Å². The van der Waals surface area contributed by atoms with Gasteiger partial charge in [-0.25, -0.2) is 12.8 Å². The highest BCUT2D eigenvalue weighted by molar-refractivity contribution is 7.89. The van der Waals surface area contributed by atoms with Gasteiger partial charge in [0.05, 0.1) is 0 Å². The van der Waals surface area contributed by atoms with Crippen LogP contribution in [-0.2, 0) is 10.0 Å². The minimum atomic E-state index is -3.74. The Labute approximate surface area is 125 Å². The van der Waals surface area contributed by atoms with Gasteiger partial charge in [-0.2, -0.15) is 4.31 Å². The van der Waals surface area contributed by atoms with E-state index >= 15 is 0 Å². The van der Waals surface area contributed by atoms with E-state index in [0.717, 1.165) is 12.8 Å². The van der Waals surface area contributed by atoms with E-state index in [1.54, 1.807) is 20.0 Å². The van der Waals surface area contributed by atoms with Crippen LogP contribution in [0.5, 0.6) is 0 Å². The van der Waals surface area contributed by atoms with Crippen molar-refractivity contribution >= 4 is 22.4 Å². The molecule has 20 heavy (non-hydrogen) atoms. The minimum Gasteiger partial charge on any atom is -0.318 e. The van der Waals surface area contributed by atoms with E-state index in [1.807, 2.05) is 0 Å². The van der Waals surface area contributed by atoms with Crippen LogP contribution in [0.15, 0.2) is 23.1 Å². The van der Waals surface area contributed by atoms with E-state index in [1.165, 1.54) is 16.4 Å². The molecule has 1 saturated heterocycles. The number of rotatable bonds is 4. The maximum Gasteiger partial charge on any atom is 0.246 e. The van der Waals surface area contributed by atoms with E-state index < -0.39 is 15.8 Å². The Hall–Kier alpha value is -0.690. The van der Waals surface area contributed by atoms with Crippen molar-refractivity contribution in [3.05, 3.63) is 29.6 Å². The fourth-order valence-corrected chi connectivity index (χ4v) is 4.25. The zero-order valence-electron chi connectivity index (χ0n) is 11.6. The quantitative estimate of drug-likeness (QED) is 0.921. The van der Waals surface area contributed by atoms with Gasteiger partial charge in [-0.05, 0) is 44.5 Å². The second kappa shape index (κ2) is 6.85. The van der Waals surface area contributed by atoms with Gasteiger partial charge in [0.25, 0.3) is 0 Å². The zero-order valence-corrected chi connectivity index (χ0v) is 13.2. The summed E-state index contributed by atoms with van der Waals surface area (Å²) in [6.07, 6.45) is 1.63. The number of nitrogens with one attached hydrogen (secondary N) is 1. The van der Waals surface area contributed by atoms with Crippen molar-refractivity contribution in [1.29, 1.82) is 0 Å². The Morgan fingerprint density at radius 2 is 2.15 bits per heavy atom. The van der Waals surface area contributed by atoms with Gasteiger partial charge < -0.3 is 5.32 Å². The van der Waals surface area contributed by atoms with Crippen LogP contribution in [0.2, 0.25) is 0 Å². The molecule has 0 aliphatic carbocycles. The predicted molar refractivity (Wildman–Crippen MR) is 79.2 cm³/mol. The van der Waals surface area contributed by atoms with Gasteiger partial charge >= 0.3 is 0 Å². The largest absolute Gasteiger partial charge is 0.318 e. The zero-order chi connectivity index (χ0) is 14.0. The first kappa shape index (κ1) is 17.4. The normalized spacial score (nSPS) is 19.9. The number of hydrogen-bond donors (Lipinski definition) is 1. The van der Waals surface area contributed by atoms with Crippen molar-refractivity contribution < 1.29 is 12.8 Å². The average molecular weight is 323 g/mol. The van der Waals surface area contributed by atoms with Crippen LogP contribution in [0.25, 0.3) is 0 Å². The summed E-state index contributed by atoms with van der Waals surface area (Å²) >= 11 is 0. The monoisotopic (exact) mass is 322 g/mol. The fraction of sp³-hybridized carbons (Fsp3) is 0.538. The molecule has 1 heterocycles. The number of nitrogens with zero attached hydrogens (tertiary/aromatic N) is 1. The molecule has 1 N–H and O–H groups in total. The molecule has 114 valence electrons. The van der Waals surface area contributed by atoms with Crippen molar-refractivity contribution in [2.75, 3.05) is 20.1 Å². The van der Waals surface area contributed by atoms with Crippen molar-refractivity contribution in [2.45, 2.75) is 30.7 Å². The second-order valence-corrected chi connectivity index (χ2v) is 6.76. The standard InChI is InChI=1S/C13H19FN2O2S.ClH/c1-10-5-6-13(12(14)8-10)19(17,18)16-7-3-4-11(16)9-15-2;/h5-6,8,11,15H,3-4,7,9H2,1-2H3;1H. The number of likely N-dealkylation sites (N-methyl/N-ethyl adjacent to an activating group) is 1. The summed E-state index contributed by atoms with van der Waals surface area (Å²) in [5.41, 5.74) is 0.713. The van der Waals surface area contributed by atoms with Gasteiger partial charge in [0.2, 0.25) is 10.0 Å². The van der Waals surface area contributed by atoms with Crippen LogP contribution in [0, 0.1) is 12.7 Å². The molecule has 4 nitrogen and oxygen atoms in total. The number of hydrogen-bond acceptors (Lipinski definition) is 3. The first-order valence-electron chi connectivity index (χ1n) is 6.39. The van der Waals surface area contributed by atoms with Crippen LogP contribution in [-0.4, -0.2) is 38.9 Å². The van der Waals surface area contributed by atoms with Gasteiger partial charge in [0.15, 0.2) is 0 Å². The van der Waals surface area contributed by atoms with Crippen LogP contribution in [0.3, 0.4) is 0 Å². The number of sulfonamides is 1. The van der Waals surface area contributed by atoms with E-state index in [2.05, 4.69) is 5.32 Å². The Morgan fingerprint density at radius 3 is 2.75 bits per heavy atom. The lowest BCUT2D eigenvalue weighted by molar-refractivity contribution is 0.377. The van der Waals surface area contributed by atoms with E-state index in [-0.39, 0.29) is 23.3 Å². The fourth-order valence-electron chi connectivity index (χ4n) is 2.51. The summed E-state index contributed by atoms with van der Waals surface area (Å²) in [5.74, 6) is -0.671. The van der Waals surface area contributed by atoms with Crippen molar-refractivity contribution in [3.8, 4) is 0 Å². The van der Waals surface area contributed by atoms with Crippen LogP contribution < -0.4 is 5.32 Å². The molecule has 0 radical (unpaired) electrons. The molecule has 2 rings (SSSR count). The molecule has 0 spiro atoms. The lowest BCUT2D eigenvalue weighted by Crippen LogP contribution is -2.41. The highest BCUT2D eigenvalue weighted by atomic mass is 35.5. The Balaban J connectivity index is 0.00000200. The highest BCUT2D eigenvalue weighted by Crippen LogP contribution is 2.27. The van der Waals surface area contributed by atoms with Gasteiger partial charge in [0, 0.05) is 19.1 Å². The third-order valence-electron chi connectivity index (χ3n) is 3.44. The molecule has 7 heteroatoms. The lowest BCUT2D eigenvalue weighted by atomic mass is 10.2. The summed E-state index contributed by atoms with van der Waals surface area (Å²) < 4.78 is 40.3. The Bertz CT molecular complexity index is 565. The molecule has 1 aromatic carbocycles. The lowest BCUT2D eigenvalue weighted by Gasteiger charge is -2.24. The smallest absolute Gasteiger partial charge is 0.246 e. The summed E-state index contributed by atoms with van der Waals surface area (Å²) in [6.45, 7) is 2.79. The minimum absolute atomic E-state index is 0. The Kier molecular flexibility index (Phi) is 5.94. The first-order valence-corrected chi connectivity index (χ1v) is 7.83. The van der Waals surface area contributed by atoms with Crippen molar-refractivity contribution in [3.63, 3.8) is 0 Å². The molecule has 1 fully saturated rings. The average Bonchev–Trinajstić information content (AvgIpc) is 2.78. The molecule has 0 aromatic heterocycles. The van der Waals surface area contributed by atoms with Crippen LogP contribution in [0.1, 0.15) is 18.4 Å². The van der Waals surface area contributed by atoms with Crippen LogP contribution >= 0.6 is 12.4 Å². The molecular formula is C13H20ClFN2O2S. The predicted octanol–water partition coefficient (Wildman–Crippen LogP) is 1.93. The van der Waals surface area contributed by atoms with E-state index in [4.69, 9.17) is 0 Å². The molecule has 0 saturated carbocycles. The molecular weight excluding hydrogens is 303 g/mol. The molecule has 1 atom stereocenters. The van der Waals surface area contributed by atoms with E-state index in [0.29, 0.717) is 18.7 Å². The van der Waals surface area contributed by atoms with Crippen molar-refractivity contribution in [2.24, 2.45) is 0 Å². The highest BCUT2D eigenvalue weighted by Gasteiger charge is 2.36. The molecule has 0 bridgehead atoms. The van der Waals surface area contributed by atoms with Crippen LogP contribution in [0.4, 0.5) is 4.39 Å². The summed E-state index contributed by atoms with van der Waals surface area (Å²) in [7, 11) is -1.95. The maximum atomic E-state index is 13.9. The SMILES string of the molecule is CNCC1CCCN1S(=O)(=O)c1ccc(C)cc1F.Cl. The molecule has 0 amide bonds. The maximum absolute atomic E-state index is 13.9. The van der Waals surface area contributed by atoms with E-state index in [9.17, 15) is 12.8 Å². The number of aryl methyl sites for hydroxylation is 1. The third-order valence-corrected chi connectivity index (χ3v) is 5.42. The second-order valence-electron chi connectivity index (χ2n) is 4.90. The van der Waals surface area contributed by atoms with Gasteiger partial charge in [0.1, 0.15) is 10.7 Å².